The Hall–Kier alpha value is -3.31. The van der Waals surface area contributed by atoms with E-state index in [-0.39, 0.29) is 25.9 Å². The molecule has 0 aliphatic carbocycles. The number of methoxy groups -OCH3 is 1. The number of rotatable bonds is 7. The number of likely N-dealkylation sites (tertiary alicyclic amines) is 1. The molecule has 0 bridgehead atoms. The molecule has 4 amide bonds. The number of halogens is 3. The molecular formula is C19H23F3N4O5. The molecule has 170 valence electrons. The number of amides is 4. The van der Waals surface area contributed by atoms with Crippen molar-refractivity contribution in [2.75, 3.05) is 32.1 Å². The van der Waals surface area contributed by atoms with Crippen molar-refractivity contribution in [1.82, 2.24) is 15.5 Å². The van der Waals surface area contributed by atoms with E-state index in [1.54, 1.807) is 5.32 Å². The van der Waals surface area contributed by atoms with Crippen LogP contribution in [0.1, 0.15) is 29.6 Å². The molecule has 2 rings (SSSR count). The fraction of sp³-hybridized carbons (Fsp3) is 0.474. The maximum absolute atomic E-state index is 12.5. The lowest BCUT2D eigenvalue weighted by atomic mass is 10.2. The fourth-order valence-electron chi connectivity index (χ4n) is 2.97. The molecule has 1 unspecified atom stereocenters. The first-order chi connectivity index (χ1) is 14.6. The summed E-state index contributed by atoms with van der Waals surface area (Å²) in [5.74, 6) is -1.72. The Balaban J connectivity index is 1.89. The van der Waals surface area contributed by atoms with Crippen LogP contribution in [0.5, 0.6) is 0 Å². The number of nitrogens with one attached hydrogen (secondary N) is 3. The van der Waals surface area contributed by atoms with Gasteiger partial charge in [0.1, 0.15) is 12.6 Å². The van der Waals surface area contributed by atoms with Gasteiger partial charge in [0.05, 0.1) is 13.5 Å². The molecule has 1 heterocycles. The van der Waals surface area contributed by atoms with Crippen molar-refractivity contribution in [3.8, 4) is 0 Å². The Morgan fingerprint density at radius 2 is 1.81 bits per heavy atom. The Morgan fingerprint density at radius 1 is 1.13 bits per heavy atom. The lowest BCUT2D eigenvalue weighted by molar-refractivity contribution is -0.140. The average Bonchev–Trinajstić information content (AvgIpc) is 3.22. The summed E-state index contributed by atoms with van der Waals surface area (Å²) >= 11 is 0. The monoisotopic (exact) mass is 444 g/mol. The molecule has 0 radical (unpaired) electrons. The molecule has 1 aromatic carbocycles. The summed E-state index contributed by atoms with van der Waals surface area (Å²) in [5.41, 5.74) is 0.644. The Kier molecular flexibility index (Phi) is 8.22. The number of alkyl halides is 3. The third-order valence-corrected chi connectivity index (χ3v) is 4.52. The predicted molar refractivity (Wildman–Crippen MR) is 103 cm³/mol. The molecule has 0 spiro atoms. The van der Waals surface area contributed by atoms with E-state index < -0.39 is 42.6 Å². The molecule has 31 heavy (non-hydrogen) atoms. The van der Waals surface area contributed by atoms with Crippen LogP contribution in [0, 0.1) is 0 Å². The summed E-state index contributed by atoms with van der Waals surface area (Å²) in [5, 5.41) is 6.92. The molecular weight excluding hydrogens is 421 g/mol. The number of nitrogens with zero attached hydrogens (tertiary/aromatic N) is 1. The van der Waals surface area contributed by atoms with Crippen molar-refractivity contribution >= 4 is 29.5 Å². The van der Waals surface area contributed by atoms with Crippen molar-refractivity contribution in [3.05, 3.63) is 29.8 Å². The highest BCUT2D eigenvalue weighted by Crippen LogP contribution is 2.20. The van der Waals surface area contributed by atoms with Crippen LogP contribution in [0.4, 0.5) is 23.7 Å². The molecule has 0 aromatic heterocycles. The number of ether oxygens (including phenoxy) is 1. The number of hydrogen-bond acceptors (Lipinski definition) is 5. The molecule has 12 heteroatoms. The zero-order chi connectivity index (χ0) is 23.0. The Morgan fingerprint density at radius 3 is 2.42 bits per heavy atom. The maximum Gasteiger partial charge on any atom is 0.405 e. The van der Waals surface area contributed by atoms with Crippen molar-refractivity contribution in [2.45, 2.75) is 31.5 Å². The van der Waals surface area contributed by atoms with Crippen LogP contribution < -0.4 is 16.0 Å². The topological polar surface area (TPSA) is 117 Å². The summed E-state index contributed by atoms with van der Waals surface area (Å²) in [6, 6.07) is 4.26. The van der Waals surface area contributed by atoms with Gasteiger partial charge >= 0.3 is 18.2 Å². The lowest BCUT2D eigenvalue weighted by Gasteiger charge is -2.24. The van der Waals surface area contributed by atoms with Gasteiger partial charge in [-0.3, -0.25) is 14.4 Å². The van der Waals surface area contributed by atoms with Gasteiger partial charge in [-0.1, -0.05) is 0 Å². The lowest BCUT2D eigenvalue weighted by Crippen LogP contribution is -2.49. The van der Waals surface area contributed by atoms with Crippen LogP contribution >= 0.6 is 0 Å². The summed E-state index contributed by atoms with van der Waals surface area (Å²) in [4.78, 5) is 48.7. The Labute approximate surface area is 176 Å². The molecule has 1 saturated heterocycles. The van der Waals surface area contributed by atoms with E-state index in [1.165, 1.54) is 36.3 Å². The van der Waals surface area contributed by atoms with Crippen molar-refractivity contribution in [2.24, 2.45) is 0 Å². The van der Waals surface area contributed by atoms with Crippen molar-refractivity contribution in [1.29, 1.82) is 0 Å². The normalized spacial score (nSPS) is 15.9. The molecule has 1 aliphatic rings. The molecule has 3 N–H and O–H groups in total. The standard InChI is InChI=1S/C19H23F3N4O5/c1-31-15(27)8-9-23-16(28)12-4-6-13(7-5-12)25-18(30)26-10-2-3-14(26)17(29)24-11-19(20,21)22/h4-7,14H,2-3,8-11H2,1H3,(H,23,28)(H,24,29)(H,25,30). The molecule has 1 atom stereocenters. The first kappa shape index (κ1) is 24.0. The van der Waals surface area contributed by atoms with Gasteiger partial charge in [0.2, 0.25) is 5.91 Å². The van der Waals surface area contributed by atoms with Gasteiger partial charge in [0.15, 0.2) is 0 Å². The van der Waals surface area contributed by atoms with E-state index in [2.05, 4.69) is 15.4 Å². The van der Waals surface area contributed by atoms with E-state index >= 15 is 0 Å². The molecule has 1 fully saturated rings. The molecule has 9 nitrogen and oxygen atoms in total. The predicted octanol–water partition coefficient (Wildman–Crippen LogP) is 1.65. The molecule has 1 aromatic rings. The first-order valence-electron chi connectivity index (χ1n) is 9.48. The van der Waals surface area contributed by atoms with Gasteiger partial charge in [-0.15, -0.1) is 0 Å². The van der Waals surface area contributed by atoms with Crippen LogP contribution in [0.3, 0.4) is 0 Å². The van der Waals surface area contributed by atoms with E-state index in [9.17, 15) is 32.3 Å². The summed E-state index contributed by atoms with van der Waals surface area (Å²) in [6.07, 6.45) is -3.75. The van der Waals surface area contributed by atoms with Crippen LogP contribution in [0.2, 0.25) is 0 Å². The number of urea groups is 1. The summed E-state index contributed by atoms with van der Waals surface area (Å²) in [6.45, 7) is -1.12. The van der Waals surface area contributed by atoms with Crippen LogP contribution in [0.15, 0.2) is 24.3 Å². The SMILES string of the molecule is COC(=O)CCNC(=O)c1ccc(NC(=O)N2CCCC2C(=O)NCC(F)(F)F)cc1. The van der Waals surface area contributed by atoms with Gasteiger partial charge < -0.3 is 25.6 Å². The smallest absolute Gasteiger partial charge is 0.405 e. The number of benzene rings is 1. The third kappa shape index (κ3) is 7.46. The first-order valence-corrected chi connectivity index (χ1v) is 9.48. The minimum Gasteiger partial charge on any atom is -0.469 e. The Bertz CT molecular complexity index is 814. The quantitative estimate of drug-likeness (QED) is 0.553. The minimum atomic E-state index is -4.53. The highest BCUT2D eigenvalue weighted by molar-refractivity contribution is 5.96. The minimum absolute atomic E-state index is 0.0317. The van der Waals surface area contributed by atoms with Crippen molar-refractivity contribution in [3.63, 3.8) is 0 Å². The third-order valence-electron chi connectivity index (χ3n) is 4.52. The fourth-order valence-corrected chi connectivity index (χ4v) is 2.97. The molecule has 1 aliphatic heterocycles. The largest absolute Gasteiger partial charge is 0.469 e. The van der Waals surface area contributed by atoms with Crippen LogP contribution in [-0.4, -0.2) is 67.7 Å². The second kappa shape index (κ2) is 10.6. The maximum atomic E-state index is 12.5. The van der Waals surface area contributed by atoms with Crippen LogP contribution in [-0.2, 0) is 14.3 Å². The second-order valence-electron chi connectivity index (χ2n) is 6.77. The van der Waals surface area contributed by atoms with Gasteiger partial charge in [-0.25, -0.2) is 4.79 Å². The van der Waals surface area contributed by atoms with E-state index in [4.69, 9.17) is 0 Å². The van der Waals surface area contributed by atoms with Gasteiger partial charge in [0, 0.05) is 24.3 Å². The number of carbonyl (C=O) groups excluding carboxylic acids is 4. The van der Waals surface area contributed by atoms with Gasteiger partial charge in [-0.2, -0.15) is 13.2 Å². The highest BCUT2D eigenvalue weighted by Gasteiger charge is 2.36. The number of anilines is 1. The van der Waals surface area contributed by atoms with E-state index in [0.29, 0.717) is 17.7 Å². The average molecular weight is 444 g/mol. The number of carbonyl (C=O) groups is 4. The number of hydrogen-bond donors (Lipinski definition) is 3. The van der Waals surface area contributed by atoms with Crippen LogP contribution in [0.25, 0.3) is 0 Å². The zero-order valence-electron chi connectivity index (χ0n) is 16.8. The summed E-state index contributed by atoms with van der Waals surface area (Å²) < 4.78 is 41.4. The van der Waals surface area contributed by atoms with Crippen molar-refractivity contribution < 1.29 is 37.1 Å². The van der Waals surface area contributed by atoms with E-state index in [1.807, 2.05) is 0 Å². The zero-order valence-corrected chi connectivity index (χ0v) is 16.8. The van der Waals surface area contributed by atoms with Gasteiger partial charge in [0.25, 0.3) is 5.91 Å². The van der Waals surface area contributed by atoms with Gasteiger partial charge in [-0.05, 0) is 37.1 Å². The highest BCUT2D eigenvalue weighted by atomic mass is 19.4. The van der Waals surface area contributed by atoms with E-state index in [0.717, 1.165) is 0 Å². The summed E-state index contributed by atoms with van der Waals surface area (Å²) in [7, 11) is 1.25. The molecule has 0 saturated carbocycles. The number of esters is 1. The second-order valence-corrected chi connectivity index (χ2v) is 6.77.